The lowest BCUT2D eigenvalue weighted by Gasteiger charge is -2.29. The zero-order valence-corrected chi connectivity index (χ0v) is 26.7. The smallest absolute Gasteiger partial charge is 0.139 e. The Bertz CT molecular complexity index is 2010. The minimum Gasteiger partial charge on any atom is -0.456 e. The van der Waals surface area contributed by atoms with Gasteiger partial charge in [-0.3, -0.25) is 0 Å². The molecule has 5 aromatic carbocycles. The number of hydrogen-bond acceptors (Lipinski definition) is 2. The Hall–Kier alpha value is -4.30. The van der Waals surface area contributed by atoms with Gasteiger partial charge in [-0.25, -0.2) is 0 Å². The van der Waals surface area contributed by atoms with Crippen LogP contribution in [0.1, 0.15) is 77.6 Å². The largest absolute Gasteiger partial charge is 0.456 e. The fourth-order valence-corrected chi connectivity index (χ4v) is 6.92. The standard InChI is InChI=1S/C41H41NO/c1-39(2,3)26-23-31-37-35(19-14-20-36(37)43-38(31)34(24-26)40(4,5)6)42(27-15-10-9-11-16-27)28-21-22-30-29-17-12-13-18-32(29)41(7,8)33(30)25-28/h9-25H,1-8H3. The Morgan fingerprint density at radius 3 is 2.02 bits per heavy atom. The maximum atomic E-state index is 6.76. The SMILES string of the molecule is CC(C)(C)c1cc(C(C)(C)C)c2oc3cccc(N(c4ccccc4)c4ccc5c(c4)C(C)(C)c4ccccc4-5)c3c2c1. The number of benzene rings is 5. The number of anilines is 3. The zero-order valence-electron chi connectivity index (χ0n) is 26.7. The summed E-state index contributed by atoms with van der Waals surface area (Å²) in [6, 6.07) is 37.8. The predicted molar refractivity (Wildman–Crippen MR) is 183 cm³/mol. The number of para-hydroxylation sites is 1. The van der Waals surface area contributed by atoms with E-state index < -0.39 is 0 Å². The van der Waals surface area contributed by atoms with Crippen LogP contribution in [0.3, 0.4) is 0 Å². The van der Waals surface area contributed by atoms with E-state index >= 15 is 0 Å². The van der Waals surface area contributed by atoms with E-state index in [-0.39, 0.29) is 16.2 Å². The van der Waals surface area contributed by atoms with Gasteiger partial charge in [0.05, 0.1) is 11.1 Å². The number of fused-ring (bicyclic) bond motifs is 6. The van der Waals surface area contributed by atoms with Gasteiger partial charge in [0.1, 0.15) is 11.2 Å². The van der Waals surface area contributed by atoms with Crippen molar-refractivity contribution in [3.05, 3.63) is 125 Å². The molecule has 0 amide bonds. The lowest BCUT2D eigenvalue weighted by molar-refractivity contribution is 0.559. The van der Waals surface area contributed by atoms with Crippen molar-refractivity contribution >= 4 is 39.0 Å². The average Bonchev–Trinajstić information content (AvgIpc) is 3.45. The molecule has 0 unspecified atom stereocenters. The first-order chi connectivity index (χ1) is 20.4. The van der Waals surface area contributed by atoms with E-state index in [1.807, 2.05) is 0 Å². The van der Waals surface area contributed by atoms with E-state index in [0.717, 1.165) is 33.6 Å². The minimum atomic E-state index is -0.0815. The van der Waals surface area contributed by atoms with E-state index in [9.17, 15) is 0 Å². The lowest BCUT2D eigenvalue weighted by Crippen LogP contribution is -2.17. The lowest BCUT2D eigenvalue weighted by atomic mass is 9.79. The minimum absolute atomic E-state index is 0.00637. The van der Waals surface area contributed by atoms with Crippen LogP contribution in [0.4, 0.5) is 17.1 Å². The van der Waals surface area contributed by atoms with Gasteiger partial charge in [-0.05, 0) is 81.1 Å². The van der Waals surface area contributed by atoms with Gasteiger partial charge in [-0.15, -0.1) is 0 Å². The molecule has 0 radical (unpaired) electrons. The molecule has 0 atom stereocenters. The van der Waals surface area contributed by atoms with Crippen molar-refractivity contribution in [2.45, 2.75) is 71.6 Å². The highest BCUT2D eigenvalue weighted by molar-refractivity contribution is 6.14. The summed E-state index contributed by atoms with van der Waals surface area (Å²) in [5, 5.41) is 2.33. The quantitative estimate of drug-likeness (QED) is 0.213. The van der Waals surface area contributed by atoms with Crippen molar-refractivity contribution in [2.24, 2.45) is 0 Å². The highest BCUT2D eigenvalue weighted by atomic mass is 16.3. The van der Waals surface area contributed by atoms with Crippen LogP contribution >= 0.6 is 0 Å². The van der Waals surface area contributed by atoms with Gasteiger partial charge in [0.15, 0.2) is 0 Å². The first-order valence-electron chi connectivity index (χ1n) is 15.5. The van der Waals surface area contributed by atoms with Crippen LogP contribution in [0.2, 0.25) is 0 Å². The predicted octanol–water partition coefficient (Wildman–Crippen LogP) is 12.0. The van der Waals surface area contributed by atoms with Crippen LogP contribution in [0.25, 0.3) is 33.1 Å². The maximum Gasteiger partial charge on any atom is 0.139 e. The van der Waals surface area contributed by atoms with Crippen molar-refractivity contribution in [1.82, 2.24) is 0 Å². The van der Waals surface area contributed by atoms with Crippen LogP contribution in [-0.2, 0) is 16.2 Å². The summed E-state index contributed by atoms with van der Waals surface area (Å²) in [5.41, 5.74) is 13.2. The fraction of sp³-hybridized carbons (Fsp3) is 0.268. The van der Waals surface area contributed by atoms with Crippen LogP contribution in [0.15, 0.2) is 108 Å². The molecule has 2 nitrogen and oxygen atoms in total. The van der Waals surface area contributed by atoms with E-state index in [1.54, 1.807) is 0 Å². The molecule has 0 N–H and O–H groups in total. The Morgan fingerprint density at radius 2 is 1.30 bits per heavy atom. The normalized spacial score (nSPS) is 14.2. The molecule has 0 saturated carbocycles. The van der Waals surface area contributed by atoms with Crippen molar-refractivity contribution in [2.75, 3.05) is 4.90 Å². The third-order valence-electron chi connectivity index (χ3n) is 9.33. The Kier molecular flexibility index (Phi) is 5.98. The second-order valence-electron chi connectivity index (χ2n) is 14.7. The van der Waals surface area contributed by atoms with Crippen LogP contribution in [0.5, 0.6) is 0 Å². The Balaban J connectivity index is 1.53. The molecule has 43 heavy (non-hydrogen) atoms. The van der Waals surface area contributed by atoms with Crippen molar-refractivity contribution in [3.63, 3.8) is 0 Å². The molecular formula is C41H41NO. The summed E-state index contributed by atoms with van der Waals surface area (Å²) in [5.74, 6) is 0. The van der Waals surface area contributed by atoms with Gasteiger partial charge in [0, 0.05) is 27.7 Å². The highest BCUT2D eigenvalue weighted by Crippen LogP contribution is 2.52. The summed E-state index contributed by atoms with van der Waals surface area (Å²) in [4.78, 5) is 2.41. The van der Waals surface area contributed by atoms with Crippen molar-refractivity contribution in [3.8, 4) is 11.1 Å². The maximum absolute atomic E-state index is 6.76. The Labute approximate surface area is 256 Å². The molecule has 1 aliphatic carbocycles. The molecule has 1 aliphatic rings. The summed E-state index contributed by atoms with van der Waals surface area (Å²) >= 11 is 0. The Morgan fingerprint density at radius 1 is 0.605 bits per heavy atom. The molecule has 0 bridgehead atoms. The molecule has 1 heterocycles. The number of rotatable bonds is 3. The fourth-order valence-electron chi connectivity index (χ4n) is 6.92. The summed E-state index contributed by atoms with van der Waals surface area (Å²) in [7, 11) is 0. The molecule has 0 saturated heterocycles. The molecule has 7 rings (SSSR count). The van der Waals surface area contributed by atoms with E-state index in [2.05, 4.69) is 163 Å². The van der Waals surface area contributed by atoms with Crippen LogP contribution in [-0.4, -0.2) is 0 Å². The van der Waals surface area contributed by atoms with E-state index in [1.165, 1.54) is 38.8 Å². The average molecular weight is 564 g/mol. The molecule has 0 spiro atoms. The molecule has 0 aliphatic heterocycles. The number of furan rings is 1. The van der Waals surface area contributed by atoms with Gasteiger partial charge < -0.3 is 9.32 Å². The number of hydrogen-bond donors (Lipinski definition) is 0. The number of nitrogens with zero attached hydrogens (tertiary/aromatic N) is 1. The summed E-state index contributed by atoms with van der Waals surface area (Å²) in [6.45, 7) is 18.4. The van der Waals surface area contributed by atoms with Crippen LogP contribution in [0, 0.1) is 0 Å². The zero-order chi connectivity index (χ0) is 30.3. The van der Waals surface area contributed by atoms with Gasteiger partial charge in [0.2, 0.25) is 0 Å². The third-order valence-corrected chi connectivity index (χ3v) is 9.33. The van der Waals surface area contributed by atoms with Gasteiger partial charge >= 0.3 is 0 Å². The second-order valence-corrected chi connectivity index (χ2v) is 14.7. The van der Waals surface area contributed by atoms with Crippen molar-refractivity contribution < 1.29 is 4.42 Å². The third kappa shape index (κ3) is 4.30. The van der Waals surface area contributed by atoms with Crippen molar-refractivity contribution in [1.29, 1.82) is 0 Å². The van der Waals surface area contributed by atoms with Gasteiger partial charge in [0.25, 0.3) is 0 Å². The molecule has 0 fully saturated rings. The molecule has 216 valence electrons. The first kappa shape index (κ1) is 27.5. The molecule has 6 aromatic rings. The highest BCUT2D eigenvalue weighted by Gasteiger charge is 2.36. The van der Waals surface area contributed by atoms with Crippen LogP contribution < -0.4 is 4.90 Å². The molecule has 2 heteroatoms. The van der Waals surface area contributed by atoms with E-state index in [0.29, 0.717) is 0 Å². The topological polar surface area (TPSA) is 16.4 Å². The van der Waals surface area contributed by atoms with Gasteiger partial charge in [-0.1, -0.05) is 116 Å². The summed E-state index contributed by atoms with van der Waals surface area (Å²) < 4.78 is 6.76. The summed E-state index contributed by atoms with van der Waals surface area (Å²) in [6.07, 6.45) is 0. The van der Waals surface area contributed by atoms with Gasteiger partial charge in [-0.2, -0.15) is 0 Å². The van der Waals surface area contributed by atoms with E-state index in [4.69, 9.17) is 4.42 Å². The second kappa shape index (κ2) is 9.35. The molecular weight excluding hydrogens is 522 g/mol. The molecule has 1 aromatic heterocycles. The first-order valence-corrected chi connectivity index (χ1v) is 15.5. The monoisotopic (exact) mass is 563 g/mol.